The number of hydrogen-bond donors (Lipinski definition) is 2. The van der Waals surface area contributed by atoms with Crippen LogP contribution in [0.4, 0.5) is 0 Å². The highest BCUT2D eigenvalue weighted by molar-refractivity contribution is 5.95. The number of amides is 1. The van der Waals surface area contributed by atoms with Gasteiger partial charge in [0, 0.05) is 36.8 Å². The lowest BCUT2D eigenvalue weighted by Gasteiger charge is -2.34. The fourth-order valence-corrected chi connectivity index (χ4v) is 3.37. The van der Waals surface area contributed by atoms with Crippen LogP contribution in [0.1, 0.15) is 15.9 Å². The molecular formula is C20H21N5O. The normalized spacial score (nSPS) is 17.2. The van der Waals surface area contributed by atoms with Crippen LogP contribution in [0.3, 0.4) is 0 Å². The topological polar surface area (TPSA) is 73.9 Å². The van der Waals surface area contributed by atoms with Gasteiger partial charge in [-0.1, -0.05) is 42.5 Å². The number of carbonyl (C=O) groups excluding carboxylic acids is 1. The van der Waals surface area contributed by atoms with Crippen molar-refractivity contribution in [2.75, 3.05) is 19.6 Å². The maximum Gasteiger partial charge on any atom is 0.253 e. The van der Waals surface area contributed by atoms with Crippen molar-refractivity contribution in [3.8, 4) is 11.4 Å². The third kappa shape index (κ3) is 3.65. The van der Waals surface area contributed by atoms with Crippen molar-refractivity contribution in [1.29, 1.82) is 0 Å². The first kappa shape index (κ1) is 16.5. The Balaban J connectivity index is 1.47. The number of aromatic nitrogens is 3. The Kier molecular flexibility index (Phi) is 4.75. The van der Waals surface area contributed by atoms with Gasteiger partial charge in [-0.3, -0.25) is 9.89 Å². The number of nitrogens with zero attached hydrogens (tertiary/aromatic N) is 3. The van der Waals surface area contributed by atoms with E-state index in [9.17, 15) is 4.79 Å². The monoisotopic (exact) mass is 347 g/mol. The average molecular weight is 347 g/mol. The van der Waals surface area contributed by atoms with E-state index < -0.39 is 0 Å². The highest BCUT2D eigenvalue weighted by Crippen LogP contribution is 2.18. The van der Waals surface area contributed by atoms with E-state index in [2.05, 4.69) is 44.8 Å². The van der Waals surface area contributed by atoms with Crippen LogP contribution in [0.25, 0.3) is 11.4 Å². The van der Waals surface area contributed by atoms with Crippen LogP contribution < -0.4 is 5.32 Å². The number of H-pyrrole nitrogens is 1. The molecule has 2 heterocycles. The third-order valence-electron chi connectivity index (χ3n) is 4.67. The molecule has 1 atom stereocenters. The number of piperazine rings is 1. The maximum absolute atomic E-state index is 13.0. The van der Waals surface area contributed by atoms with Crippen LogP contribution >= 0.6 is 0 Å². The summed E-state index contributed by atoms with van der Waals surface area (Å²) in [5, 5.41) is 10.2. The Bertz CT molecular complexity index is 863. The Hall–Kier alpha value is -2.99. The van der Waals surface area contributed by atoms with Gasteiger partial charge in [0.15, 0.2) is 5.82 Å². The molecule has 3 aromatic rings. The molecule has 2 aromatic carbocycles. The molecular weight excluding hydrogens is 326 g/mol. The van der Waals surface area contributed by atoms with Crippen molar-refractivity contribution < 1.29 is 4.79 Å². The van der Waals surface area contributed by atoms with E-state index in [1.54, 1.807) is 0 Å². The number of carbonyl (C=O) groups is 1. The smallest absolute Gasteiger partial charge is 0.253 e. The van der Waals surface area contributed by atoms with Gasteiger partial charge in [-0.05, 0) is 24.1 Å². The van der Waals surface area contributed by atoms with Crippen molar-refractivity contribution in [1.82, 2.24) is 25.4 Å². The number of rotatable bonds is 4. The minimum atomic E-state index is 0.0610. The van der Waals surface area contributed by atoms with Crippen LogP contribution in [-0.4, -0.2) is 51.7 Å². The molecule has 6 heteroatoms. The van der Waals surface area contributed by atoms with Gasteiger partial charge in [0.05, 0.1) is 0 Å². The van der Waals surface area contributed by atoms with E-state index in [0.29, 0.717) is 17.9 Å². The lowest BCUT2D eigenvalue weighted by Crippen LogP contribution is -2.53. The number of nitrogens with one attached hydrogen (secondary N) is 2. The second-order valence-electron chi connectivity index (χ2n) is 6.51. The number of benzene rings is 2. The SMILES string of the molecule is O=C(c1cccc(-c2ncn[nH]2)c1)N1CCNC(Cc2ccccc2)C1. The molecule has 0 saturated carbocycles. The van der Waals surface area contributed by atoms with Crippen LogP contribution in [0.2, 0.25) is 0 Å². The Labute approximate surface area is 152 Å². The van der Waals surface area contributed by atoms with Crippen LogP contribution in [0, 0.1) is 0 Å². The molecule has 0 aliphatic carbocycles. The molecule has 1 saturated heterocycles. The summed E-state index contributed by atoms with van der Waals surface area (Å²) in [6.45, 7) is 2.24. The minimum absolute atomic E-state index is 0.0610. The molecule has 1 fully saturated rings. The molecule has 4 rings (SSSR count). The van der Waals surface area contributed by atoms with Gasteiger partial charge >= 0.3 is 0 Å². The molecule has 0 bridgehead atoms. The van der Waals surface area contributed by atoms with E-state index in [0.717, 1.165) is 25.1 Å². The van der Waals surface area contributed by atoms with Gasteiger partial charge in [0.1, 0.15) is 6.33 Å². The van der Waals surface area contributed by atoms with E-state index in [4.69, 9.17) is 0 Å². The molecule has 1 aromatic heterocycles. The summed E-state index contributed by atoms with van der Waals surface area (Å²) in [4.78, 5) is 19.1. The molecule has 1 amide bonds. The van der Waals surface area contributed by atoms with Crippen molar-refractivity contribution >= 4 is 5.91 Å². The summed E-state index contributed by atoms with van der Waals surface area (Å²) in [5.74, 6) is 0.729. The van der Waals surface area contributed by atoms with Crippen molar-refractivity contribution in [2.45, 2.75) is 12.5 Å². The lowest BCUT2D eigenvalue weighted by molar-refractivity contribution is 0.0703. The zero-order chi connectivity index (χ0) is 17.8. The fourth-order valence-electron chi connectivity index (χ4n) is 3.37. The number of hydrogen-bond acceptors (Lipinski definition) is 4. The third-order valence-corrected chi connectivity index (χ3v) is 4.67. The molecule has 6 nitrogen and oxygen atoms in total. The zero-order valence-corrected chi connectivity index (χ0v) is 14.4. The highest BCUT2D eigenvalue weighted by Gasteiger charge is 2.24. The van der Waals surface area contributed by atoms with Crippen LogP contribution in [-0.2, 0) is 6.42 Å². The van der Waals surface area contributed by atoms with Crippen molar-refractivity contribution in [2.24, 2.45) is 0 Å². The van der Waals surface area contributed by atoms with E-state index in [1.165, 1.54) is 11.9 Å². The fraction of sp³-hybridized carbons (Fsp3) is 0.250. The standard InChI is InChI=1S/C20H21N5O/c26-20(17-8-4-7-16(12-17)19-22-14-23-24-19)25-10-9-21-18(13-25)11-15-5-2-1-3-6-15/h1-8,12,14,18,21H,9-11,13H2,(H,22,23,24). The summed E-state index contributed by atoms with van der Waals surface area (Å²) in [5.41, 5.74) is 2.83. The molecule has 2 N–H and O–H groups in total. The molecule has 1 aliphatic heterocycles. The summed E-state index contributed by atoms with van der Waals surface area (Å²) in [6.07, 6.45) is 2.39. The first-order valence-corrected chi connectivity index (χ1v) is 8.82. The molecule has 1 aliphatic rings. The maximum atomic E-state index is 13.0. The molecule has 1 unspecified atom stereocenters. The number of aromatic amines is 1. The zero-order valence-electron chi connectivity index (χ0n) is 14.4. The average Bonchev–Trinajstić information content (AvgIpc) is 3.23. The summed E-state index contributed by atoms with van der Waals surface area (Å²) >= 11 is 0. The largest absolute Gasteiger partial charge is 0.336 e. The Morgan fingerprint density at radius 1 is 1.15 bits per heavy atom. The van der Waals surface area contributed by atoms with Crippen LogP contribution in [0.15, 0.2) is 60.9 Å². The van der Waals surface area contributed by atoms with E-state index >= 15 is 0 Å². The van der Waals surface area contributed by atoms with Gasteiger partial charge in [-0.25, -0.2) is 4.98 Å². The first-order valence-electron chi connectivity index (χ1n) is 8.82. The summed E-state index contributed by atoms with van der Waals surface area (Å²) < 4.78 is 0. The Morgan fingerprint density at radius 3 is 2.85 bits per heavy atom. The second kappa shape index (κ2) is 7.49. The quantitative estimate of drug-likeness (QED) is 0.758. The molecule has 0 radical (unpaired) electrons. The minimum Gasteiger partial charge on any atom is -0.336 e. The molecule has 132 valence electrons. The van der Waals surface area contributed by atoms with Crippen molar-refractivity contribution in [3.63, 3.8) is 0 Å². The first-order chi connectivity index (χ1) is 12.8. The molecule has 26 heavy (non-hydrogen) atoms. The van der Waals surface area contributed by atoms with Gasteiger partial charge < -0.3 is 10.2 Å². The van der Waals surface area contributed by atoms with Gasteiger partial charge in [-0.2, -0.15) is 5.10 Å². The summed E-state index contributed by atoms with van der Waals surface area (Å²) in [7, 11) is 0. The molecule has 0 spiro atoms. The van der Waals surface area contributed by atoms with Gasteiger partial charge in [-0.15, -0.1) is 0 Å². The summed E-state index contributed by atoms with van der Waals surface area (Å²) in [6, 6.07) is 18.2. The van der Waals surface area contributed by atoms with Gasteiger partial charge in [0.25, 0.3) is 5.91 Å². The van der Waals surface area contributed by atoms with Gasteiger partial charge in [0.2, 0.25) is 0 Å². The predicted molar refractivity (Wildman–Crippen MR) is 99.7 cm³/mol. The van der Waals surface area contributed by atoms with Crippen molar-refractivity contribution in [3.05, 3.63) is 72.1 Å². The Morgan fingerprint density at radius 2 is 2.04 bits per heavy atom. The highest BCUT2D eigenvalue weighted by atomic mass is 16.2. The second-order valence-corrected chi connectivity index (χ2v) is 6.51. The predicted octanol–water partition coefficient (Wildman–Crippen LogP) is 2.13. The van der Waals surface area contributed by atoms with E-state index in [-0.39, 0.29) is 11.9 Å². The lowest BCUT2D eigenvalue weighted by atomic mass is 10.0. The van der Waals surface area contributed by atoms with E-state index in [1.807, 2.05) is 35.2 Å². The van der Waals surface area contributed by atoms with Crippen LogP contribution in [0.5, 0.6) is 0 Å².